The molecule has 0 spiro atoms. The van der Waals surface area contributed by atoms with E-state index in [0.29, 0.717) is 11.4 Å². The van der Waals surface area contributed by atoms with Crippen LogP contribution in [-0.4, -0.2) is 37.3 Å². The Labute approximate surface area is 94.5 Å². The number of nitrogens with one attached hydrogen (secondary N) is 1. The Kier molecular flexibility index (Phi) is 3.89. The summed E-state index contributed by atoms with van der Waals surface area (Å²) in [7, 11) is 0.0511. The van der Waals surface area contributed by atoms with Crippen LogP contribution in [0, 0.1) is 0 Å². The van der Waals surface area contributed by atoms with Gasteiger partial charge >= 0.3 is 0 Å². The second-order valence-corrected chi connectivity index (χ2v) is 5.72. The zero-order valence-electron chi connectivity index (χ0n) is 9.47. The van der Waals surface area contributed by atoms with Gasteiger partial charge in [0, 0.05) is 13.3 Å². The maximum Gasteiger partial charge on any atom is 0.161 e. The number of nitrogens with two attached hydrogens (primary N) is 1. The maximum atomic E-state index is 11.2. The summed E-state index contributed by atoms with van der Waals surface area (Å²) in [5, 5.41) is 3.99. The topological polar surface area (TPSA) is 99.2 Å². The Morgan fingerprint density at radius 2 is 2.31 bits per heavy atom. The number of hydrogen-bond donors (Lipinski definition) is 2. The Morgan fingerprint density at radius 1 is 1.69 bits per heavy atom. The highest BCUT2D eigenvalue weighted by Gasteiger charge is 2.23. The SMILES string of the molecule is COc1cnn(C)c1C(CS(C)(=O)=O)NN. The predicted octanol–water partition coefficient (Wildman–Crippen LogP) is -1.02. The van der Waals surface area contributed by atoms with Crippen molar-refractivity contribution in [3.63, 3.8) is 0 Å². The number of methoxy groups -OCH3 is 1. The van der Waals surface area contributed by atoms with E-state index < -0.39 is 15.9 Å². The van der Waals surface area contributed by atoms with Crippen LogP contribution in [0.4, 0.5) is 0 Å². The van der Waals surface area contributed by atoms with Crippen molar-refractivity contribution < 1.29 is 13.2 Å². The minimum Gasteiger partial charge on any atom is -0.493 e. The zero-order chi connectivity index (χ0) is 12.3. The Balaban J connectivity index is 3.08. The minimum atomic E-state index is -3.14. The fourth-order valence-corrected chi connectivity index (χ4v) is 2.35. The highest BCUT2D eigenvalue weighted by molar-refractivity contribution is 7.90. The van der Waals surface area contributed by atoms with E-state index in [1.807, 2.05) is 0 Å². The molecule has 0 aliphatic rings. The molecular formula is C8H16N4O3S. The monoisotopic (exact) mass is 248 g/mol. The fourth-order valence-electron chi connectivity index (χ4n) is 1.49. The minimum absolute atomic E-state index is 0.112. The lowest BCUT2D eigenvalue weighted by atomic mass is 10.2. The van der Waals surface area contributed by atoms with Gasteiger partial charge in [0.1, 0.15) is 9.84 Å². The summed E-state index contributed by atoms with van der Waals surface area (Å²) in [5.74, 6) is 5.75. The van der Waals surface area contributed by atoms with Crippen LogP contribution in [0.5, 0.6) is 5.75 Å². The number of ether oxygens (including phenoxy) is 1. The number of hydrogen-bond acceptors (Lipinski definition) is 6. The van der Waals surface area contributed by atoms with Crippen molar-refractivity contribution >= 4 is 9.84 Å². The lowest BCUT2D eigenvalue weighted by Crippen LogP contribution is -2.34. The Bertz CT molecular complexity index is 454. The number of hydrazine groups is 1. The first kappa shape index (κ1) is 12.9. The van der Waals surface area contributed by atoms with Crippen molar-refractivity contribution in [2.45, 2.75) is 6.04 Å². The van der Waals surface area contributed by atoms with Gasteiger partial charge in [-0.15, -0.1) is 0 Å². The molecule has 8 heteroatoms. The first-order valence-corrected chi connectivity index (χ1v) is 6.65. The lowest BCUT2D eigenvalue weighted by molar-refractivity contribution is 0.398. The first-order chi connectivity index (χ1) is 7.39. The van der Waals surface area contributed by atoms with Crippen molar-refractivity contribution in [2.75, 3.05) is 19.1 Å². The maximum absolute atomic E-state index is 11.2. The smallest absolute Gasteiger partial charge is 0.161 e. The van der Waals surface area contributed by atoms with Crippen molar-refractivity contribution in [2.24, 2.45) is 12.9 Å². The molecule has 1 aromatic rings. The van der Waals surface area contributed by atoms with Crippen molar-refractivity contribution in [1.29, 1.82) is 0 Å². The van der Waals surface area contributed by atoms with Gasteiger partial charge in [-0.3, -0.25) is 16.0 Å². The molecule has 0 fully saturated rings. The quantitative estimate of drug-likeness (QED) is 0.511. The summed E-state index contributed by atoms with van der Waals surface area (Å²) in [5.41, 5.74) is 3.06. The van der Waals surface area contributed by atoms with Crippen LogP contribution in [0.3, 0.4) is 0 Å². The molecule has 1 heterocycles. The third kappa shape index (κ3) is 2.94. The molecule has 0 saturated carbocycles. The molecule has 92 valence electrons. The van der Waals surface area contributed by atoms with Crippen molar-refractivity contribution in [1.82, 2.24) is 15.2 Å². The van der Waals surface area contributed by atoms with Crippen LogP contribution in [0.15, 0.2) is 6.20 Å². The summed E-state index contributed by atoms with van der Waals surface area (Å²) in [4.78, 5) is 0. The first-order valence-electron chi connectivity index (χ1n) is 4.58. The van der Waals surface area contributed by atoms with E-state index in [2.05, 4.69) is 10.5 Å². The second-order valence-electron chi connectivity index (χ2n) is 3.53. The summed E-state index contributed by atoms with van der Waals surface area (Å²) in [6, 6.07) is -0.544. The molecule has 3 N–H and O–H groups in total. The normalized spacial score (nSPS) is 13.8. The predicted molar refractivity (Wildman–Crippen MR) is 59.5 cm³/mol. The molecule has 16 heavy (non-hydrogen) atoms. The summed E-state index contributed by atoms with van der Waals surface area (Å²) < 4.78 is 29.1. The van der Waals surface area contributed by atoms with Crippen LogP contribution in [0.1, 0.15) is 11.7 Å². The van der Waals surface area contributed by atoms with Gasteiger partial charge in [-0.2, -0.15) is 5.10 Å². The molecule has 1 rings (SSSR count). The zero-order valence-corrected chi connectivity index (χ0v) is 10.3. The molecule has 0 aliphatic carbocycles. The summed E-state index contributed by atoms with van der Waals surface area (Å²) >= 11 is 0. The van der Waals surface area contributed by atoms with Gasteiger partial charge in [-0.25, -0.2) is 8.42 Å². The van der Waals surface area contributed by atoms with E-state index in [1.165, 1.54) is 18.0 Å². The average molecular weight is 248 g/mol. The molecule has 1 atom stereocenters. The molecule has 7 nitrogen and oxygen atoms in total. The van der Waals surface area contributed by atoms with Crippen LogP contribution in [-0.2, 0) is 16.9 Å². The Hall–Kier alpha value is -1.12. The van der Waals surface area contributed by atoms with E-state index in [4.69, 9.17) is 10.6 Å². The number of aryl methyl sites for hydroxylation is 1. The highest BCUT2D eigenvalue weighted by Crippen LogP contribution is 2.24. The van der Waals surface area contributed by atoms with Crippen LogP contribution >= 0.6 is 0 Å². The molecule has 0 saturated heterocycles. The molecule has 0 aromatic carbocycles. The molecular weight excluding hydrogens is 232 g/mol. The van der Waals surface area contributed by atoms with Gasteiger partial charge in [-0.1, -0.05) is 0 Å². The number of sulfone groups is 1. The molecule has 0 amide bonds. The molecule has 0 bridgehead atoms. The highest BCUT2D eigenvalue weighted by atomic mass is 32.2. The summed E-state index contributed by atoms with van der Waals surface area (Å²) in [6.45, 7) is 0. The molecule has 0 radical (unpaired) electrons. The van der Waals surface area contributed by atoms with Crippen LogP contribution in [0.2, 0.25) is 0 Å². The standard InChI is InChI=1S/C8H16N4O3S/c1-12-8(7(15-2)4-10-12)6(11-9)5-16(3,13)14/h4,6,11H,5,9H2,1-3H3. The van der Waals surface area contributed by atoms with E-state index >= 15 is 0 Å². The van der Waals surface area contributed by atoms with Crippen molar-refractivity contribution in [3.8, 4) is 5.75 Å². The van der Waals surface area contributed by atoms with Gasteiger partial charge in [0.15, 0.2) is 5.75 Å². The van der Waals surface area contributed by atoms with Gasteiger partial charge in [0.2, 0.25) is 0 Å². The second kappa shape index (κ2) is 4.81. The largest absolute Gasteiger partial charge is 0.493 e. The van der Waals surface area contributed by atoms with E-state index in [-0.39, 0.29) is 5.75 Å². The lowest BCUT2D eigenvalue weighted by Gasteiger charge is -2.16. The molecule has 1 aromatic heterocycles. The van der Waals surface area contributed by atoms with E-state index in [1.54, 1.807) is 7.05 Å². The fraction of sp³-hybridized carbons (Fsp3) is 0.625. The van der Waals surface area contributed by atoms with E-state index in [0.717, 1.165) is 6.26 Å². The summed E-state index contributed by atoms with van der Waals surface area (Å²) in [6.07, 6.45) is 2.67. The molecule has 0 aliphatic heterocycles. The van der Waals surface area contributed by atoms with Crippen molar-refractivity contribution in [3.05, 3.63) is 11.9 Å². The van der Waals surface area contributed by atoms with Gasteiger partial charge in [-0.05, 0) is 0 Å². The number of aromatic nitrogens is 2. The third-order valence-electron chi connectivity index (χ3n) is 2.17. The number of nitrogens with zero attached hydrogens (tertiary/aromatic N) is 2. The van der Waals surface area contributed by atoms with Gasteiger partial charge < -0.3 is 4.74 Å². The Morgan fingerprint density at radius 3 is 2.75 bits per heavy atom. The van der Waals surface area contributed by atoms with Gasteiger partial charge in [0.05, 0.1) is 30.8 Å². The average Bonchev–Trinajstić information content (AvgIpc) is 2.54. The van der Waals surface area contributed by atoms with Gasteiger partial charge in [0.25, 0.3) is 0 Å². The molecule has 1 unspecified atom stereocenters. The van der Waals surface area contributed by atoms with Crippen LogP contribution < -0.4 is 16.0 Å². The number of rotatable bonds is 5. The van der Waals surface area contributed by atoms with Crippen LogP contribution in [0.25, 0.3) is 0 Å². The van der Waals surface area contributed by atoms with E-state index in [9.17, 15) is 8.42 Å². The third-order valence-corrected chi connectivity index (χ3v) is 3.11.